The van der Waals surface area contributed by atoms with Crippen LogP contribution in [0, 0.1) is 34.5 Å². The molecule has 0 bridgehead atoms. The Labute approximate surface area is 221 Å². The quantitative estimate of drug-likeness (QED) is 0.546. The Morgan fingerprint density at radius 3 is 2.51 bits per heavy atom. The van der Waals surface area contributed by atoms with E-state index in [0.717, 1.165) is 32.1 Å². The molecule has 1 N–H and O–H groups in total. The van der Waals surface area contributed by atoms with Crippen LogP contribution in [0.1, 0.15) is 57.9 Å². The van der Waals surface area contributed by atoms with Crippen molar-refractivity contribution in [1.82, 2.24) is 10.2 Å². The van der Waals surface area contributed by atoms with Gasteiger partial charge >= 0.3 is 0 Å². The summed E-state index contributed by atoms with van der Waals surface area (Å²) in [6.45, 7) is 5.36. The van der Waals surface area contributed by atoms with Gasteiger partial charge in [-0.3, -0.25) is 9.59 Å². The van der Waals surface area contributed by atoms with E-state index in [2.05, 4.69) is 73.8 Å². The minimum absolute atomic E-state index is 0.0500. The average Bonchev–Trinajstić information content (AvgIpc) is 3.28. The summed E-state index contributed by atoms with van der Waals surface area (Å²) in [5.41, 5.74) is 3.65. The predicted octanol–water partition coefficient (Wildman–Crippen LogP) is 6.23. The van der Waals surface area contributed by atoms with Crippen molar-refractivity contribution in [3.63, 3.8) is 0 Å². The standard InChI is InChI=1S/C33H40N2O2/c1-32-19-17-27-25(13-16-29-33(27,2)20-18-30(36)35(29)3)26(32)14-15-28(32)31(37)34-21-23-11-7-8-12-24(23)22-9-5-4-6-10-22/h4-12,18,20,25-29H,13-17,19,21H2,1-3H3,(H,34,37)/t25-,26-,27-,28+,29+,32-,33+/m0/s1. The lowest BCUT2D eigenvalue weighted by Gasteiger charge is -2.60. The number of fused-ring (bicyclic) bond motifs is 5. The van der Waals surface area contributed by atoms with Gasteiger partial charge in [-0.15, -0.1) is 0 Å². The average molecular weight is 497 g/mol. The molecule has 4 aliphatic rings. The number of carbonyl (C=O) groups excluding carboxylic acids is 2. The highest BCUT2D eigenvalue weighted by atomic mass is 16.2. The zero-order valence-electron chi connectivity index (χ0n) is 22.5. The lowest BCUT2D eigenvalue weighted by atomic mass is 9.47. The van der Waals surface area contributed by atoms with Crippen LogP contribution in [0.15, 0.2) is 66.7 Å². The van der Waals surface area contributed by atoms with Crippen LogP contribution < -0.4 is 5.32 Å². The molecule has 37 heavy (non-hydrogen) atoms. The van der Waals surface area contributed by atoms with Crippen molar-refractivity contribution in [2.24, 2.45) is 34.5 Å². The molecule has 1 heterocycles. The van der Waals surface area contributed by atoms with E-state index in [0.29, 0.717) is 30.3 Å². The first kappa shape index (κ1) is 24.5. The van der Waals surface area contributed by atoms with Gasteiger partial charge in [-0.25, -0.2) is 0 Å². The third kappa shape index (κ3) is 3.86. The smallest absolute Gasteiger partial charge is 0.246 e. The van der Waals surface area contributed by atoms with Gasteiger partial charge in [-0.05, 0) is 84.5 Å². The van der Waals surface area contributed by atoms with Crippen molar-refractivity contribution in [3.8, 4) is 11.1 Å². The third-order valence-corrected chi connectivity index (χ3v) is 11.0. The second-order valence-corrected chi connectivity index (χ2v) is 12.5. The van der Waals surface area contributed by atoms with Gasteiger partial charge < -0.3 is 10.2 Å². The van der Waals surface area contributed by atoms with E-state index in [1.54, 1.807) is 0 Å². The van der Waals surface area contributed by atoms with Gasteiger partial charge in [0.2, 0.25) is 11.8 Å². The van der Waals surface area contributed by atoms with E-state index < -0.39 is 0 Å². The van der Waals surface area contributed by atoms with Crippen LogP contribution in [0.25, 0.3) is 11.1 Å². The fourth-order valence-corrected chi connectivity index (χ4v) is 9.05. The molecule has 3 fully saturated rings. The van der Waals surface area contributed by atoms with Gasteiger partial charge in [0.1, 0.15) is 0 Å². The highest BCUT2D eigenvalue weighted by molar-refractivity contribution is 5.89. The van der Waals surface area contributed by atoms with Crippen molar-refractivity contribution in [3.05, 3.63) is 72.3 Å². The van der Waals surface area contributed by atoms with E-state index >= 15 is 0 Å². The van der Waals surface area contributed by atoms with Crippen LogP contribution in [-0.4, -0.2) is 29.8 Å². The van der Waals surface area contributed by atoms with Gasteiger partial charge in [-0.2, -0.15) is 0 Å². The number of amides is 2. The maximum Gasteiger partial charge on any atom is 0.246 e. The molecule has 2 amide bonds. The van der Waals surface area contributed by atoms with Crippen LogP contribution in [0.5, 0.6) is 0 Å². The first-order valence-electron chi connectivity index (χ1n) is 14.2. The number of carbonyl (C=O) groups is 2. The predicted molar refractivity (Wildman–Crippen MR) is 147 cm³/mol. The molecule has 2 aromatic carbocycles. The minimum atomic E-state index is 0.0500. The number of hydrogen-bond donors (Lipinski definition) is 1. The van der Waals surface area contributed by atoms with Gasteiger partial charge in [0.15, 0.2) is 0 Å². The summed E-state index contributed by atoms with van der Waals surface area (Å²) in [6, 6.07) is 19.1. The van der Waals surface area contributed by atoms with E-state index in [1.807, 2.05) is 24.1 Å². The van der Waals surface area contributed by atoms with Crippen LogP contribution in [0.4, 0.5) is 0 Å². The molecule has 2 aromatic rings. The lowest BCUT2D eigenvalue weighted by Crippen LogP contribution is -2.59. The Kier molecular flexibility index (Phi) is 6.05. The Morgan fingerprint density at radius 1 is 0.946 bits per heavy atom. The second-order valence-electron chi connectivity index (χ2n) is 12.5. The number of nitrogens with one attached hydrogen (secondary N) is 1. The highest BCUT2D eigenvalue weighted by Crippen LogP contribution is 2.65. The summed E-state index contributed by atoms with van der Waals surface area (Å²) in [6.07, 6.45) is 10.7. The maximum atomic E-state index is 13.7. The first-order valence-corrected chi connectivity index (χ1v) is 14.2. The molecule has 0 spiro atoms. The fraction of sp³-hybridized carbons (Fsp3) is 0.515. The van der Waals surface area contributed by atoms with Crippen LogP contribution in [0.2, 0.25) is 0 Å². The normalized spacial score (nSPS) is 36.5. The van der Waals surface area contributed by atoms with E-state index in [9.17, 15) is 9.59 Å². The van der Waals surface area contributed by atoms with Crippen LogP contribution in [0.3, 0.4) is 0 Å². The summed E-state index contributed by atoms with van der Waals surface area (Å²) >= 11 is 0. The molecule has 7 atom stereocenters. The van der Waals surface area contributed by atoms with Crippen molar-refractivity contribution < 1.29 is 9.59 Å². The maximum absolute atomic E-state index is 13.7. The van der Waals surface area contributed by atoms with Gasteiger partial charge in [0, 0.05) is 31.0 Å². The topological polar surface area (TPSA) is 49.4 Å². The monoisotopic (exact) mass is 496 g/mol. The van der Waals surface area contributed by atoms with Gasteiger partial charge in [0.05, 0.1) is 0 Å². The Bertz CT molecular complexity index is 1220. The molecule has 194 valence electrons. The molecule has 0 aromatic heterocycles. The molecule has 1 aliphatic heterocycles. The number of benzene rings is 2. The van der Waals surface area contributed by atoms with E-state index in [4.69, 9.17) is 0 Å². The molecular weight excluding hydrogens is 456 g/mol. The van der Waals surface area contributed by atoms with Gasteiger partial charge in [0.25, 0.3) is 0 Å². The zero-order chi connectivity index (χ0) is 25.8. The third-order valence-electron chi connectivity index (χ3n) is 11.0. The number of rotatable bonds is 4. The SMILES string of the molecule is CN1C(=O)C=C[C@]2(C)[C@H]3CC[C@]4(C)[C@@H](C(=O)NCc5ccccc5-c5ccccc5)CC[C@H]4[C@@H]3CC[C@@H]12. The van der Waals surface area contributed by atoms with Crippen molar-refractivity contribution >= 4 is 11.8 Å². The van der Waals surface area contributed by atoms with Crippen LogP contribution in [-0.2, 0) is 16.1 Å². The van der Waals surface area contributed by atoms with Crippen molar-refractivity contribution in [1.29, 1.82) is 0 Å². The Hall–Kier alpha value is -2.88. The number of nitrogens with zero attached hydrogens (tertiary/aromatic N) is 1. The molecule has 4 nitrogen and oxygen atoms in total. The molecule has 4 heteroatoms. The summed E-state index contributed by atoms with van der Waals surface area (Å²) in [5.74, 6) is 2.28. The Balaban J connectivity index is 1.18. The summed E-state index contributed by atoms with van der Waals surface area (Å²) in [4.78, 5) is 28.0. The van der Waals surface area contributed by atoms with E-state index in [1.165, 1.54) is 23.1 Å². The summed E-state index contributed by atoms with van der Waals surface area (Å²) in [7, 11) is 1.98. The highest BCUT2D eigenvalue weighted by Gasteiger charge is 2.61. The largest absolute Gasteiger partial charge is 0.352 e. The van der Waals surface area contributed by atoms with Crippen LogP contribution >= 0.6 is 0 Å². The van der Waals surface area contributed by atoms with Crippen molar-refractivity contribution in [2.75, 3.05) is 7.05 Å². The van der Waals surface area contributed by atoms with Gasteiger partial charge in [-0.1, -0.05) is 74.5 Å². The second kappa shape index (κ2) is 9.15. The first-order chi connectivity index (χ1) is 17.8. The molecule has 3 saturated carbocycles. The number of likely N-dealkylation sites (N-methyl/N-ethyl adjacent to an activating group) is 1. The molecule has 0 saturated heterocycles. The summed E-state index contributed by atoms with van der Waals surface area (Å²) in [5, 5.41) is 3.35. The Morgan fingerprint density at radius 2 is 1.70 bits per heavy atom. The number of hydrogen-bond acceptors (Lipinski definition) is 2. The zero-order valence-corrected chi connectivity index (χ0v) is 22.5. The molecule has 0 radical (unpaired) electrons. The summed E-state index contributed by atoms with van der Waals surface area (Å²) < 4.78 is 0. The van der Waals surface area contributed by atoms with E-state index in [-0.39, 0.29) is 28.6 Å². The molecular formula is C33H40N2O2. The van der Waals surface area contributed by atoms with Crippen molar-refractivity contribution in [2.45, 2.75) is 65.0 Å². The molecule has 0 unspecified atom stereocenters. The fourth-order valence-electron chi connectivity index (χ4n) is 9.05. The minimum Gasteiger partial charge on any atom is -0.352 e. The molecule has 6 rings (SSSR count). The lowest BCUT2D eigenvalue weighted by molar-refractivity contribution is -0.142. The molecule has 3 aliphatic carbocycles.